The molecule has 2 N–H and O–H groups in total. The van der Waals surface area contributed by atoms with Crippen LogP contribution >= 0.6 is 0 Å². The molecule has 3 aromatic rings. The number of nitrogens with one attached hydrogen (secondary N) is 2. The largest absolute Gasteiger partial charge is 0.377 e. The average Bonchev–Trinajstić information content (AvgIpc) is 3.36. The monoisotopic (exact) mass is 473 g/mol. The number of carbonyl (C=O) groups is 2. The van der Waals surface area contributed by atoms with Crippen LogP contribution in [-0.4, -0.2) is 23.9 Å². The number of hydrogen-bond donors (Lipinski definition) is 2. The molecule has 0 radical (unpaired) electrons. The number of anilines is 2. The lowest BCUT2D eigenvalue weighted by Gasteiger charge is -2.20. The lowest BCUT2D eigenvalue weighted by Crippen LogP contribution is -2.35. The number of fused-ring (bicyclic) bond motifs is 3. The summed E-state index contributed by atoms with van der Waals surface area (Å²) in [5.74, 6) is 0.218. The standard InChI is InChI=1S/C28H28FN3O3/c1-17(35-2)21-6-3-9-24(29)22(21)7-4-10-25(33)31-20-12-11-18-15-28(16-19(18)14-20)23-8-5-13-30-26(23)32-27(28)34/h3,5-6,8-9,11-14,17H,4,7,10,15-16H2,1-2H3,(H,31,33)(H,30,32,34). The predicted octanol–water partition coefficient (Wildman–Crippen LogP) is 4.88. The molecular formula is C28H28FN3O3. The Morgan fingerprint density at radius 3 is 2.86 bits per heavy atom. The Balaban J connectivity index is 1.23. The van der Waals surface area contributed by atoms with Gasteiger partial charge in [-0.2, -0.15) is 0 Å². The number of halogens is 1. The van der Waals surface area contributed by atoms with Gasteiger partial charge in [-0.05, 0) is 79.1 Å². The Hall–Kier alpha value is -3.58. The lowest BCUT2D eigenvalue weighted by molar-refractivity contribution is -0.120. The molecule has 1 aliphatic heterocycles. The van der Waals surface area contributed by atoms with Crippen LogP contribution in [0.1, 0.15) is 53.7 Å². The first-order valence-corrected chi connectivity index (χ1v) is 11.9. The molecule has 35 heavy (non-hydrogen) atoms. The van der Waals surface area contributed by atoms with Gasteiger partial charge in [0.1, 0.15) is 11.6 Å². The van der Waals surface area contributed by atoms with Gasteiger partial charge in [-0.1, -0.05) is 24.3 Å². The average molecular weight is 474 g/mol. The quantitative estimate of drug-likeness (QED) is 0.513. The van der Waals surface area contributed by atoms with Gasteiger partial charge in [-0.25, -0.2) is 9.37 Å². The SMILES string of the molecule is COC(C)c1cccc(F)c1CCCC(=O)Nc1ccc2c(c1)CC1(C2)C(=O)Nc2ncccc21. The highest BCUT2D eigenvalue weighted by atomic mass is 19.1. The van der Waals surface area contributed by atoms with E-state index in [4.69, 9.17) is 4.74 Å². The summed E-state index contributed by atoms with van der Waals surface area (Å²) in [6, 6.07) is 14.6. The highest BCUT2D eigenvalue weighted by molar-refractivity contribution is 6.06. The molecule has 2 heterocycles. The summed E-state index contributed by atoms with van der Waals surface area (Å²) < 4.78 is 19.8. The van der Waals surface area contributed by atoms with E-state index in [-0.39, 0.29) is 30.2 Å². The lowest BCUT2D eigenvalue weighted by atomic mass is 9.79. The van der Waals surface area contributed by atoms with Crippen molar-refractivity contribution in [3.63, 3.8) is 0 Å². The highest BCUT2D eigenvalue weighted by Crippen LogP contribution is 2.46. The van der Waals surface area contributed by atoms with Crippen molar-refractivity contribution in [2.24, 2.45) is 0 Å². The molecule has 2 aromatic carbocycles. The van der Waals surface area contributed by atoms with Gasteiger partial charge in [0.2, 0.25) is 11.8 Å². The zero-order chi connectivity index (χ0) is 24.6. The van der Waals surface area contributed by atoms with Crippen LogP contribution in [0.4, 0.5) is 15.9 Å². The minimum absolute atomic E-state index is 0.0247. The first kappa shape index (κ1) is 23.2. The maximum Gasteiger partial charge on any atom is 0.237 e. The van der Waals surface area contributed by atoms with E-state index in [0.29, 0.717) is 42.8 Å². The molecule has 2 unspecified atom stereocenters. The second-order valence-electron chi connectivity index (χ2n) is 9.36. The van der Waals surface area contributed by atoms with Gasteiger partial charge >= 0.3 is 0 Å². The molecule has 1 aromatic heterocycles. The number of methoxy groups -OCH3 is 1. The van der Waals surface area contributed by atoms with Crippen molar-refractivity contribution < 1.29 is 18.7 Å². The van der Waals surface area contributed by atoms with Crippen LogP contribution in [0.25, 0.3) is 0 Å². The molecule has 2 amide bonds. The Bertz CT molecular complexity index is 1310. The highest BCUT2D eigenvalue weighted by Gasteiger charge is 2.51. The smallest absolute Gasteiger partial charge is 0.237 e. The van der Waals surface area contributed by atoms with Crippen molar-refractivity contribution in [1.29, 1.82) is 0 Å². The Morgan fingerprint density at radius 2 is 2.03 bits per heavy atom. The number of pyridine rings is 1. The number of benzene rings is 2. The van der Waals surface area contributed by atoms with Crippen LogP contribution in [0.3, 0.4) is 0 Å². The molecule has 5 rings (SSSR count). The van der Waals surface area contributed by atoms with Crippen molar-refractivity contribution in [2.45, 2.75) is 50.5 Å². The summed E-state index contributed by atoms with van der Waals surface area (Å²) in [6.45, 7) is 1.88. The number of carbonyl (C=O) groups excluding carboxylic acids is 2. The molecule has 2 atom stereocenters. The van der Waals surface area contributed by atoms with E-state index in [0.717, 1.165) is 22.3 Å². The van der Waals surface area contributed by atoms with Gasteiger partial charge in [-0.15, -0.1) is 0 Å². The van der Waals surface area contributed by atoms with E-state index in [9.17, 15) is 14.0 Å². The Morgan fingerprint density at radius 1 is 1.20 bits per heavy atom. The van der Waals surface area contributed by atoms with Crippen molar-refractivity contribution in [3.05, 3.63) is 88.4 Å². The Kier molecular flexibility index (Phi) is 6.11. The van der Waals surface area contributed by atoms with Crippen molar-refractivity contribution in [3.8, 4) is 0 Å². The zero-order valence-electron chi connectivity index (χ0n) is 19.9. The summed E-state index contributed by atoms with van der Waals surface area (Å²) in [7, 11) is 1.60. The molecule has 0 saturated heterocycles. The molecule has 0 fully saturated rings. The van der Waals surface area contributed by atoms with E-state index in [1.54, 1.807) is 19.4 Å². The molecule has 2 aliphatic rings. The summed E-state index contributed by atoms with van der Waals surface area (Å²) in [6.07, 6.45) is 3.91. The van der Waals surface area contributed by atoms with E-state index in [2.05, 4.69) is 15.6 Å². The maximum atomic E-state index is 14.4. The third-order valence-electron chi connectivity index (χ3n) is 7.24. The fraction of sp³-hybridized carbons (Fsp3) is 0.321. The first-order valence-electron chi connectivity index (χ1n) is 11.9. The molecule has 0 saturated carbocycles. The normalized spacial score (nSPS) is 18.8. The number of amides is 2. The second kappa shape index (κ2) is 9.23. The third kappa shape index (κ3) is 4.21. The number of hydrogen-bond acceptors (Lipinski definition) is 4. The van der Waals surface area contributed by atoms with Crippen molar-refractivity contribution in [1.82, 2.24) is 4.98 Å². The Labute approximate surface area is 203 Å². The minimum atomic E-state index is -0.634. The van der Waals surface area contributed by atoms with Gasteiger partial charge in [0.15, 0.2) is 0 Å². The number of aromatic nitrogens is 1. The van der Waals surface area contributed by atoms with Gasteiger partial charge in [-0.3, -0.25) is 9.59 Å². The third-order valence-corrected chi connectivity index (χ3v) is 7.24. The van der Waals surface area contributed by atoms with Gasteiger partial charge in [0.25, 0.3) is 0 Å². The van der Waals surface area contributed by atoms with E-state index in [1.807, 2.05) is 43.3 Å². The first-order chi connectivity index (χ1) is 16.9. The van der Waals surface area contributed by atoms with E-state index in [1.165, 1.54) is 6.07 Å². The minimum Gasteiger partial charge on any atom is -0.377 e. The van der Waals surface area contributed by atoms with Crippen LogP contribution in [0.15, 0.2) is 54.7 Å². The number of ether oxygens (including phenoxy) is 1. The summed E-state index contributed by atoms with van der Waals surface area (Å²) in [5, 5.41) is 5.87. The van der Waals surface area contributed by atoms with E-state index >= 15 is 0 Å². The molecule has 0 bridgehead atoms. The molecule has 7 heteroatoms. The fourth-order valence-corrected chi connectivity index (χ4v) is 5.34. The summed E-state index contributed by atoms with van der Waals surface area (Å²) in [4.78, 5) is 29.8. The van der Waals surface area contributed by atoms with Crippen LogP contribution < -0.4 is 10.6 Å². The zero-order valence-corrected chi connectivity index (χ0v) is 19.9. The second-order valence-corrected chi connectivity index (χ2v) is 9.36. The number of rotatable bonds is 7. The van der Waals surface area contributed by atoms with E-state index < -0.39 is 5.41 Å². The topological polar surface area (TPSA) is 80.3 Å². The van der Waals surface area contributed by atoms with Gasteiger partial charge in [0, 0.05) is 31.0 Å². The van der Waals surface area contributed by atoms with Crippen molar-refractivity contribution >= 4 is 23.3 Å². The van der Waals surface area contributed by atoms with Gasteiger partial charge < -0.3 is 15.4 Å². The van der Waals surface area contributed by atoms with Crippen molar-refractivity contribution in [2.75, 3.05) is 17.7 Å². The summed E-state index contributed by atoms with van der Waals surface area (Å²) >= 11 is 0. The number of nitrogens with zero attached hydrogens (tertiary/aromatic N) is 1. The summed E-state index contributed by atoms with van der Waals surface area (Å²) in [5.41, 5.74) is 4.58. The molecule has 6 nitrogen and oxygen atoms in total. The van der Waals surface area contributed by atoms with Gasteiger partial charge in [0.05, 0.1) is 11.5 Å². The predicted molar refractivity (Wildman–Crippen MR) is 132 cm³/mol. The van der Waals surface area contributed by atoms with Crippen LogP contribution in [-0.2, 0) is 39.0 Å². The van der Waals surface area contributed by atoms with Crippen LogP contribution in [0.2, 0.25) is 0 Å². The molecule has 1 spiro atoms. The molecular weight excluding hydrogens is 445 g/mol. The maximum absolute atomic E-state index is 14.4. The van der Waals surface area contributed by atoms with Crippen LogP contribution in [0.5, 0.6) is 0 Å². The molecule has 1 aliphatic carbocycles. The molecule has 180 valence electrons. The fourth-order valence-electron chi connectivity index (χ4n) is 5.34. The van der Waals surface area contributed by atoms with Crippen LogP contribution in [0, 0.1) is 5.82 Å².